The van der Waals surface area contributed by atoms with Crippen LogP contribution >= 0.6 is 22.9 Å². The number of nitrogens with two attached hydrogens (primary N) is 1. The predicted octanol–water partition coefficient (Wildman–Crippen LogP) is 3.96. The predicted molar refractivity (Wildman–Crippen MR) is 120 cm³/mol. The number of rotatable bonds is 7. The zero-order valence-corrected chi connectivity index (χ0v) is 18.6. The summed E-state index contributed by atoms with van der Waals surface area (Å²) in [5, 5.41) is 8.37. The van der Waals surface area contributed by atoms with Gasteiger partial charge in [0.05, 0.1) is 21.8 Å². The van der Waals surface area contributed by atoms with E-state index in [0.717, 1.165) is 22.6 Å². The molecule has 0 radical (unpaired) electrons. The molecule has 1 aliphatic heterocycles. The third-order valence-corrected chi connectivity index (χ3v) is 6.83. The van der Waals surface area contributed by atoms with Crippen LogP contribution in [-0.2, 0) is 17.7 Å². The van der Waals surface area contributed by atoms with Gasteiger partial charge in [-0.3, -0.25) is 14.8 Å². The minimum Gasteiger partial charge on any atom is -0.361 e. The topological polar surface area (TPSA) is 82.2 Å². The van der Waals surface area contributed by atoms with E-state index in [1.165, 1.54) is 22.5 Å². The molecule has 6 nitrogen and oxygen atoms in total. The first-order valence-electron chi connectivity index (χ1n) is 9.93. The van der Waals surface area contributed by atoms with Gasteiger partial charge in [-0.05, 0) is 25.0 Å². The highest BCUT2D eigenvalue weighted by Crippen LogP contribution is 2.40. The van der Waals surface area contributed by atoms with Crippen LogP contribution in [0, 0.1) is 6.92 Å². The first-order valence-corrected chi connectivity index (χ1v) is 11.1. The van der Waals surface area contributed by atoms with Gasteiger partial charge in [0.25, 0.3) is 0 Å². The number of methoxy groups -OCH3 is 1. The Morgan fingerprint density at radius 2 is 2.23 bits per heavy atom. The zero-order chi connectivity index (χ0) is 21.3. The molecule has 0 bridgehead atoms. The Hall–Kier alpha value is -2.03. The summed E-state index contributed by atoms with van der Waals surface area (Å²) in [6.07, 6.45) is 2.46. The lowest BCUT2D eigenvalue weighted by atomic mass is 10.0. The number of ether oxygens (including phenoxy) is 1. The lowest BCUT2D eigenvalue weighted by Crippen LogP contribution is -2.40. The highest BCUT2D eigenvalue weighted by Gasteiger charge is 2.28. The van der Waals surface area contributed by atoms with E-state index in [1.54, 1.807) is 18.0 Å². The van der Waals surface area contributed by atoms with Crippen molar-refractivity contribution in [3.63, 3.8) is 0 Å². The molecule has 3 aromatic rings. The second-order valence-corrected chi connectivity index (χ2v) is 9.03. The number of thiophene rings is 1. The van der Waals surface area contributed by atoms with Crippen LogP contribution in [0.2, 0.25) is 5.02 Å². The van der Waals surface area contributed by atoms with Gasteiger partial charge in [-0.2, -0.15) is 5.10 Å². The molecule has 0 saturated heterocycles. The van der Waals surface area contributed by atoms with Gasteiger partial charge < -0.3 is 10.5 Å². The Bertz CT molecular complexity index is 1060. The third-order valence-electron chi connectivity index (χ3n) is 5.34. The standard InChI is InChI=1S/C22H25ClN4O2S/c1-13-4-3-5-14(8-13)9-15(11-24)26-22(29-2)19-10-16-20-17(23)12-25-27(20)7-6-18(28)21(16)30-19/h3-5,8,10,12,15,22,26H,6-7,9,11,24H2,1-2H3/t15-,22?/m0/s1. The number of aromatic nitrogens is 2. The first-order chi connectivity index (χ1) is 14.5. The van der Waals surface area contributed by atoms with E-state index in [4.69, 9.17) is 22.1 Å². The van der Waals surface area contributed by atoms with Crippen LogP contribution in [0.4, 0.5) is 0 Å². The molecule has 4 rings (SSSR count). The average molecular weight is 445 g/mol. The van der Waals surface area contributed by atoms with Gasteiger partial charge in [-0.25, -0.2) is 0 Å². The Kier molecular flexibility index (Phi) is 6.36. The minimum atomic E-state index is -0.372. The number of nitrogens with one attached hydrogen (secondary N) is 1. The lowest BCUT2D eigenvalue weighted by molar-refractivity contribution is 0.0662. The van der Waals surface area contributed by atoms with Crippen LogP contribution in [0.15, 0.2) is 36.5 Å². The molecule has 3 N–H and O–H groups in total. The van der Waals surface area contributed by atoms with Crippen LogP contribution in [0.5, 0.6) is 0 Å². The minimum absolute atomic E-state index is 0.0310. The number of aryl methyl sites for hydroxylation is 2. The van der Waals surface area contributed by atoms with E-state index in [9.17, 15) is 4.79 Å². The van der Waals surface area contributed by atoms with Crippen molar-refractivity contribution in [2.45, 2.75) is 38.6 Å². The van der Waals surface area contributed by atoms with Crippen LogP contribution in [0.3, 0.4) is 0 Å². The summed E-state index contributed by atoms with van der Waals surface area (Å²) in [6, 6.07) is 10.4. The molecular formula is C22H25ClN4O2S. The van der Waals surface area contributed by atoms with Crippen molar-refractivity contribution < 1.29 is 9.53 Å². The number of hydrogen-bond donors (Lipinski definition) is 2. The molecule has 0 spiro atoms. The molecule has 2 aromatic heterocycles. The summed E-state index contributed by atoms with van der Waals surface area (Å²) in [5.41, 5.74) is 10.1. The number of carbonyl (C=O) groups is 1. The Morgan fingerprint density at radius 1 is 1.40 bits per heavy atom. The number of benzene rings is 1. The normalized spacial score (nSPS) is 15.4. The molecule has 0 amide bonds. The second-order valence-electron chi connectivity index (χ2n) is 7.54. The summed E-state index contributed by atoms with van der Waals surface area (Å²) in [7, 11) is 1.65. The Morgan fingerprint density at radius 3 is 2.97 bits per heavy atom. The molecule has 1 unspecified atom stereocenters. The molecule has 0 aliphatic carbocycles. The number of Topliss-reactive ketones (excluding diaryl/α,β-unsaturated/α-hetero) is 1. The quantitative estimate of drug-likeness (QED) is 0.539. The van der Waals surface area contributed by atoms with Crippen molar-refractivity contribution in [1.29, 1.82) is 0 Å². The van der Waals surface area contributed by atoms with Crippen LogP contribution in [0.1, 0.15) is 38.3 Å². The smallest absolute Gasteiger partial charge is 0.175 e. The van der Waals surface area contributed by atoms with Crippen molar-refractivity contribution in [2.75, 3.05) is 13.7 Å². The molecule has 8 heteroatoms. The fourth-order valence-corrected chi connectivity index (χ4v) is 5.27. The summed E-state index contributed by atoms with van der Waals surface area (Å²) in [6.45, 7) is 3.09. The largest absolute Gasteiger partial charge is 0.361 e. The Balaban J connectivity index is 1.61. The van der Waals surface area contributed by atoms with Gasteiger partial charge in [0, 0.05) is 43.1 Å². The number of hydrogen-bond acceptors (Lipinski definition) is 6. The van der Waals surface area contributed by atoms with Crippen LogP contribution < -0.4 is 11.1 Å². The zero-order valence-electron chi connectivity index (χ0n) is 17.0. The van der Waals surface area contributed by atoms with Gasteiger partial charge in [-0.15, -0.1) is 11.3 Å². The summed E-state index contributed by atoms with van der Waals surface area (Å²) >= 11 is 7.83. The van der Waals surface area contributed by atoms with E-state index in [1.807, 2.05) is 6.07 Å². The summed E-state index contributed by atoms with van der Waals surface area (Å²) in [4.78, 5) is 14.3. The fraction of sp³-hybridized carbons (Fsp3) is 0.364. The number of fused-ring (bicyclic) bond motifs is 3. The molecule has 1 aliphatic rings. The van der Waals surface area contributed by atoms with Crippen LogP contribution in [0.25, 0.3) is 11.3 Å². The summed E-state index contributed by atoms with van der Waals surface area (Å²) in [5.74, 6) is 0.104. The number of nitrogens with zero attached hydrogens (tertiary/aromatic N) is 2. The first kappa shape index (κ1) is 21.2. The molecule has 2 atom stereocenters. The summed E-state index contributed by atoms with van der Waals surface area (Å²) < 4.78 is 7.55. The highest BCUT2D eigenvalue weighted by molar-refractivity contribution is 7.14. The van der Waals surface area contributed by atoms with Gasteiger partial charge >= 0.3 is 0 Å². The number of halogens is 1. The SMILES string of the molecule is COC(N[C@H](CN)Cc1cccc(C)c1)c1cc2c(s1)C(=O)CCn1ncc(Cl)c1-2. The molecule has 0 fully saturated rings. The third kappa shape index (κ3) is 4.22. The van der Waals surface area contributed by atoms with E-state index >= 15 is 0 Å². The monoisotopic (exact) mass is 444 g/mol. The van der Waals surface area contributed by atoms with E-state index in [0.29, 0.717) is 29.4 Å². The van der Waals surface area contributed by atoms with E-state index < -0.39 is 0 Å². The lowest BCUT2D eigenvalue weighted by Gasteiger charge is -2.23. The maximum absolute atomic E-state index is 12.7. The Labute approximate surface area is 185 Å². The average Bonchev–Trinajstić information content (AvgIpc) is 3.29. The molecule has 158 valence electrons. The van der Waals surface area contributed by atoms with Gasteiger partial charge in [0.15, 0.2) is 5.78 Å². The van der Waals surface area contributed by atoms with E-state index in [2.05, 4.69) is 41.6 Å². The van der Waals surface area contributed by atoms with Crippen molar-refractivity contribution in [1.82, 2.24) is 15.1 Å². The number of carbonyl (C=O) groups excluding carboxylic acids is 1. The van der Waals surface area contributed by atoms with Crippen LogP contribution in [-0.4, -0.2) is 35.3 Å². The van der Waals surface area contributed by atoms with Gasteiger partial charge in [-0.1, -0.05) is 41.4 Å². The van der Waals surface area contributed by atoms with Crippen molar-refractivity contribution in [3.05, 3.63) is 62.4 Å². The maximum Gasteiger partial charge on any atom is 0.175 e. The molecule has 3 heterocycles. The van der Waals surface area contributed by atoms with Crippen molar-refractivity contribution >= 4 is 28.7 Å². The highest BCUT2D eigenvalue weighted by atomic mass is 35.5. The van der Waals surface area contributed by atoms with Gasteiger partial charge in [0.2, 0.25) is 0 Å². The van der Waals surface area contributed by atoms with Crippen molar-refractivity contribution in [3.8, 4) is 11.3 Å². The molecule has 0 saturated carbocycles. The number of ketones is 1. The van der Waals surface area contributed by atoms with Gasteiger partial charge in [0.1, 0.15) is 6.23 Å². The molecular weight excluding hydrogens is 420 g/mol. The fourth-order valence-electron chi connectivity index (χ4n) is 3.86. The molecule has 30 heavy (non-hydrogen) atoms. The second kappa shape index (κ2) is 8.99. The van der Waals surface area contributed by atoms with E-state index in [-0.39, 0.29) is 18.1 Å². The molecule has 1 aromatic carbocycles. The van der Waals surface area contributed by atoms with Crippen molar-refractivity contribution in [2.24, 2.45) is 5.73 Å². The maximum atomic E-state index is 12.7.